The van der Waals surface area contributed by atoms with E-state index in [2.05, 4.69) is 10.0 Å². The molecule has 0 saturated heterocycles. The summed E-state index contributed by atoms with van der Waals surface area (Å²) < 4.78 is 38.1. The third-order valence-electron chi connectivity index (χ3n) is 4.12. The molecule has 0 aromatic heterocycles. The molecule has 168 valence electrons. The maximum absolute atomic E-state index is 12.6. The zero-order valence-corrected chi connectivity index (χ0v) is 19.6. The van der Waals surface area contributed by atoms with Gasteiger partial charge in [-0.05, 0) is 60.7 Å². The number of benzene rings is 3. The summed E-state index contributed by atoms with van der Waals surface area (Å²) in [6.07, 6.45) is 0. The Labute approximate surface area is 200 Å². The number of anilines is 2. The lowest BCUT2D eigenvalue weighted by Gasteiger charge is -2.12. The van der Waals surface area contributed by atoms with Gasteiger partial charge in [-0.25, -0.2) is 8.42 Å². The molecule has 0 aliphatic heterocycles. The molecule has 0 bridgehead atoms. The van der Waals surface area contributed by atoms with E-state index >= 15 is 0 Å². The van der Waals surface area contributed by atoms with Crippen LogP contribution < -0.4 is 19.5 Å². The van der Waals surface area contributed by atoms with E-state index in [1.165, 1.54) is 31.4 Å². The van der Waals surface area contributed by atoms with Crippen LogP contribution in [-0.2, 0) is 14.8 Å². The van der Waals surface area contributed by atoms with Crippen LogP contribution in [-0.4, -0.2) is 28.0 Å². The Balaban J connectivity index is 1.63. The minimum atomic E-state index is -3.89. The van der Waals surface area contributed by atoms with Gasteiger partial charge in [-0.3, -0.25) is 9.52 Å². The molecule has 2 N–H and O–H groups in total. The van der Waals surface area contributed by atoms with Gasteiger partial charge in [0.05, 0.1) is 27.1 Å². The molecule has 0 fully saturated rings. The van der Waals surface area contributed by atoms with Crippen molar-refractivity contribution in [2.24, 2.45) is 0 Å². The molecular weight excluding hydrogens is 499 g/mol. The molecule has 0 heterocycles. The van der Waals surface area contributed by atoms with E-state index in [1.54, 1.807) is 36.4 Å². The quantitative estimate of drug-likeness (QED) is 0.415. The van der Waals surface area contributed by atoms with Gasteiger partial charge in [0.25, 0.3) is 15.9 Å². The first-order chi connectivity index (χ1) is 15.2. The minimum absolute atomic E-state index is 0.0324. The Morgan fingerprint density at radius 2 is 1.56 bits per heavy atom. The van der Waals surface area contributed by atoms with Crippen molar-refractivity contribution in [3.05, 3.63) is 75.7 Å². The van der Waals surface area contributed by atoms with Crippen molar-refractivity contribution in [3.8, 4) is 11.5 Å². The van der Waals surface area contributed by atoms with E-state index in [0.29, 0.717) is 27.2 Å². The normalized spacial score (nSPS) is 11.0. The van der Waals surface area contributed by atoms with Gasteiger partial charge in [0, 0.05) is 11.4 Å². The standard InChI is InChI=1S/C21H17Cl3N2O5S/c1-30-15-5-2-13(3-6-15)26-32(28,29)16-7-9-20(19(24)11-16)31-12-21(27)25-14-4-8-17(22)18(23)10-14/h2-11,26H,12H2,1H3,(H,25,27). The molecule has 0 aliphatic carbocycles. The van der Waals surface area contributed by atoms with Crippen molar-refractivity contribution in [2.45, 2.75) is 4.90 Å². The van der Waals surface area contributed by atoms with Gasteiger partial charge in [-0.1, -0.05) is 34.8 Å². The van der Waals surface area contributed by atoms with Crippen molar-refractivity contribution in [2.75, 3.05) is 23.8 Å². The van der Waals surface area contributed by atoms with Gasteiger partial charge in [0.15, 0.2) is 6.61 Å². The summed E-state index contributed by atoms with van der Waals surface area (Å²) in [5.41, 5.74) is 0.811. The molecule has 3 aromatic rings. The lowest BCUT2D eigenvalue weighted by molar-refractivity contribution is -0.118. The summed E-state index contributed by atoms with van der Waals surface area (Å²) in [7, 11) is -2.37. The number of rotatable bonds is 8. The van der Waals surface area contributed by atoms with Crippen molar-refractivity contribution >= 4 is 62.1 Å². The smallest absolute Gasteiger partial charge is 0.262 e. The average molecular weight is 516 g/mol. The van der Waals surface area contributed by atoms with Crippen LogP contribution in [0.25, 0.3) is 0 Å². The number of hydrogen-bond acceptors (Lipinski definition) is 5. The van der Waals surface area contributed by atoms with Crippen molar-refractivity contribution < 1.29 is 22.7 Å². The minimum Gasteiger partial charge on any atom is -0.497 e. The number of ether oxygens (including phenoxy) is 2. The number of amides is 1. The average Bonchev–Trinajstić information content (AvgIpc) is 2.75. The van der Waals surface area contributed by atoms with E-state index in [1.807, 2.05) is 0 Å². The number of carbonyl (C=O) groups excluding carboxylic acids is 1. The molecule has 0 aliphatic rings. The molecule has 3 rings (SSSR count). The molecule has 32 heavy (non-hydrogen) atoms. The van der Waals surface area contributed by atoms with Crippen LogP contribution in [0.4, 0.5) is 11.4 Å². The van der Waals surface area contributed by atoms with Crippen molar-refractivity contribution in [1.82, 2.24) is 0 Å². The fourth-order valence-corrected chi connectivity index (χ4v) is 4.24. The first-order valence-corrected chi connectivity index (χ1v) is 11.6. The van der Waals surface area contributed by atoms with Crippen LogP contribution in [0.1, 0.15) is 0 Å². The Bertz CT molecular complexity index is 1230. The molecular formula is C21H17Cl3N2O5S. The number of carbonyl (C=O) groups is 1. The molecule has 0 spiro atoms. The highest BCUT2D eigenvalue weighted by atomic mass is 35.5. The molecule has 0 unspecified atom stereocenters. The topological polar surface area (TPSA) is 93.7 Å². The Hall–Kier alpha value is -2.65. The third-order valence-corrected chi connectivity index (χ3v) is 6.53. The van der Waals surface area contributed by atoms with Gasteiger partial charge >= 0.3 is 0 Å². The van der Waals surface area contributed by atoms with E-state index in [4.69, 9.17) is 44.3 Å². The van der Waals surface area contributed by atoms with E-state index in [0.717, 1.165) is 0 Å². The molecule has 0 saturated carbocycles. The zero-order valence-electron chi connectivity index (χ0n) is 16.6. The predicted molar refractivity (Wildman–Crippen MR) is 126 cm³/mol. The predicted octanol–water partition coefficient (Wildman–Crippen LogP) is 5.47. The largest absolute Gasteiger partial charge is 0.497 e. The molecule has 7 nitrogen and oxygen atoms in total. The van der Waals surface area contributed by atoms with Gasteiger partial charge < -0.3 is 14.8 Å². The summed E-state index contributed by atoms with van der Waals surface area (Å²) in [5, 5.41) is 3.30. The fraction of sp³-hybridized carbons (Fsp3) is 0.0952. The molecule has 0 radical (unpaired) electrons. The van der Waals surface area contributed by atoms with E-state index < -0.39 is 15.9 Å². The van der Waals surface area contributed by atoms with Crippen LogP contribution in [0, 0.1) is 0 Å². The lowest BCUT2D eigenvalue weighted by atomic mass is 10.3. The molecule has 11 heteroatoms. The van der Waals surface area contributed by atoms with Crippen LogP contribution in [0.3, 0.4) is 0 Å². The van der Waals surface area contributed by atoms with Crippen LogP contribution >= 0.6 is 34.8 Å². The monoisotopic (exact) mass is 514 g/mol. The highest BCUT2D eigenvalue weighted by Crippen LogP contribution is 2.29. The number of halogens is 3. The molecule has 1 amide bonds. The maximum Gasteiger partial charge on any atom is 0.262 e. The third kappa shape index (κ3) is 6.20. The van der Waals surface area contributed by atoms with Crippen LogP contribution in [0.2, 0.25) is 15.1 Å². The first-order valence-electron chi connectivity index (χ1n) is 9.02. The van der Waals surface area contributed by atoms with E-state index in [9.17, 15) is 13.2 Å². The Morgan fingerprint density at radius 1 is 0.875 bits per heavy atom. The van der Waals surface area contributed by atoms with Crippen LogP contribution in [0.5, 0.6) is 11.5 Å². The van der Waals surface area contributed by atoms with Gasteiger partial charge in [-0.15, -0.1) is 0 Å². The maximum atomic E-state index is 12.6. The summed E-state index contributed by atoms with van der Waals surface area (Å²) in [5.74, 6) is 0.289. The SMILES string of the molecule is COc1ccc(NS(=O)(=O)c2ccc(OCC(=O)Nc3ccc(Cl)c(Cl)c3)c(Cl)c2)cc1. The highest BCUT2D eigenvalue weighted by molar-refractivity contribution is 7.92. The summed E-state index contributed by atoms with van der Waals surface area (Å²) in [6.45, 7) is -0.351. The summed E-state index contributed by atoms with van der Waals surface area (Å²) in [4.78, 5) is 12.0. The van der Waals surface area contributed by atoms with E-state index in [-0.39, 0.29) is 22.3 Å². The van der Waals surface area contributed by atoms with Gasteiger partial charge in [0.1, 0.15) is 11.5 Å². The Kier molecular flexibility index (Phi) is 7.73. The van der Waals surface area contributed by atoms with Gasteiger partial charge in [-0.2, -0.15) is 0 Å². The molecule has 3 aromatic carbocycles. The Morgan fingerprint density at radius 3 is 2.19 bits per heavy atom. The number of hydrogen-bond donors (Lipinski definition) is 2. The molecule has 0 atom stereocenters. The first kappa shape index (κ1) is 24.0. The second-order valence-electron chi connectivity index (χ2n) is 6.39. The van der Waals surface area contributed by atoms with Crippen molar-refractivity contribution in [1.29, 1.82) is 0 Å². The zero-order chi connectivity index (χ0) is 23.3. The second kappa shape index (κ2) is 10.3. The van der Waals surface area contributed by atoms with Gasteiger partial charge in [0.2, 0.25) is 0 Å². The summed E-state index contributed by atoms with van der Waals surface area (Å²) >= 11 is 17.9. The van der Waals surface area contributed by atoms with Crippen molar-refractivity contribution in [3.63, 3.8) is 0 Å². The number of nitrogens with one attached hydrogen (secondary N) is 2. The van der Waals surface area contributed by atoms with Crippen LogP contribution in [0.15, 0.2) is 65.6 Å². The highest BCUT2D eigenvalue weighted by Gasteiger charge is 2.17. The lowest BCUT2D eigenvalue weighted by Crippen LogP contribution is -2.20. The fourth-order valence-electron chi connectivity index (χ4n) is 2.55. The number of sulfonamides is 1. The second-order valence-corrected chi connectivity index (χ2v) is 9.30. The summed E-state index contributed by atoms with van der Waals surface area (Å²) in [6, 6.07) is 15.0. The number of methoxy groups -OCH3 is 1.